The van der Waals surface area contributed by atoms with Crippen LogP contribution in [-0.2, 0) is 9.53 Å². The van der Waals surface area contributed by atoms with E-state index in [-0.39, 0.29) is 30.0 Å². The highest BCUT2D eigenvalue weighted by molar-refractivity contribution is 5.80. The minimum absolute atomic E-state index is 0.0134. The molecule has 0 aliphatic carbocycles. The van der Waals surface area contributed by atoms with Crippen LogP contribution < -0.4 is 21.1 Å². The molecule has 7 N–H and O–H groups in total. The minimum atomic E-state index is -1.33. The summed E-state index contributed by atoms with van der Waals surface area (Å²) < 4.78 is 5.00. The number of ether oxygens (including phenoxy) is 1. The monoisotopic (exact) mass is 388 g/mol. The summed E-state index contributed by atoms with van der Waals surface area (Å²) in [5, 5.41) is 51.9. The molecule has 3 unspecified atom stereocenters. The molecule has 12 heteroatoms. The van der Waals surface area contributed by atoms with Gasteiger partial charge in [0.15, 0.2) is 11.4 Å². The first kappa shape index (κ1) is 22.6. The molecule has 1 aromatic carbocycles. The molecule has 0 saturated carbocycles. The van der Waals surface area contributed by atoms with E-state index >= 15 is 0 Å². The van der Waals surface area contributed by atoms with Crippen molar-refractivity contribution in [2.24, 2.45) is 0 Å². The third kappa shape index (κ3) is 7.74. The zero-order valence-corrected chi connectivity index (χ0v) is 15.1. The highest BCUT2D eigenvalue weighted by Gasteiger charge is 2.24. The lowest BCUT2D eigenvalue weighted by atomic mass is 10.2. The fraction of sp³-hybridized carbons (Fsp3) is 0.467. The normalized spacial score (nSPS) is 14.8. The Morgan fingerprint density at radius 2 is 1.85 bits per heavy atom. The maximum absolute atomic E-state index is 11.7. The Bertz CT molecular complexity index is 660. The van der Waals surface area contributed by atoms with Gasteiger partial charge in [-0.1, -0.05) is 0 Å². The summed E-state index contributed by atoms with van der Waals surface area (Å²) >= 11 is 0. The van der Waals surface area contributed by atoms with E-state index in [1.165, 1.54) is 12.1 Å². The number of alkyl carbamates (subject to hydrolysis) is 1. The smallest absolute Gasteiger partial charge is 0.408 e. The lowest BCUT2D eigenvalue weighted by molar-refractivity contribution is -0.996. The van der Waals surface area contributed by atoms with Gasteiger partial charge in [-0.3, -0.25) is 0 Å². The molecular formula is C15H24N4O8. The van der Waals surface area contributed by atoms with Crippen LogP contribution in [0.15, 0.2) is 18.2 Å². The topological polar surface area (TPSA) is 183 Å². The number of amides is 1. The highest BCUT2D eigenvalue weighted by Crippen LogP contribution is 2.20. The second-order valence-corrected chi connectivity index (χ2v) is 6.62. The molecule has 0 saturated heterocycles. The minimum Gasteiger partial charge on any atom is -0.595 e. The second kappa shape index (κ2) is 9.45. The summed E-state index contributed by atoms with van der Waals surface area (Å²) in [6.07, 6.45) is -0.944. The van der Waals surface area contributed by atoms with Crippen LogP contribution in [0.25, 0.3) is 0 Å². The van der Waals surface area contributed by atoms with E-state index in [0.29, 0.717) is 0 Å². The molecule has 0 spiro atoms. The van der Waals surface area contributed by atoms with E-state index in [1.54, 1.807) is 20.8 Å². The van der Waals surface area contributed by atoms with Gasteiger partial charge in [-0.2, -0.15) is 10.5 Å². The molecule has 12 nitrogen and oxygen atoms in total. The van der Waals surface area contributed by atoms with Crippen LogP contribution >= 0.6 is 0 Å². The molecule has 152 valence electrons. The molecule has 1 rings (SSSR count). The number of carbonyl (C=O) groups excluding carboxylic acids is 1. The van der Waals surface area contributed by atoms with Crippen LogP contribution in [0, 0.1) is 10.4 Å². The van der Waals surface area contributed by atoms with Gasteiger partial charge in [0, 0.05) is 12.6 Å². The standard InChI is InChI=1S/C15H24N4O8/c1-15(2,3)27-14(22)17-11(13(20)21)6-7-16-10-5-4-9(18(23)24)8-12(10)19(25)26/h4-5,8,11,16,18-19,23,25H,6-7H2,1-3H3,(H,17,22)(H,20,21). The Balaban J connectivity index is 2.73. The van der Waals surface area contributed by atoms with E-state index in [4.69, 9.17) is 9.94 Å². The van der Waals surface area contributed by atoms with Gasteiger partial charge in [-0.15, -0.1) is 0 Å². The van der Waals surface area contributed by atoms with Crippen LogP contribution in [0.1, 0.15) is 27.2 Å². The number of aliphatic carboxylic acids is 1. The van der Waals surface area contributed by atoms with Crippen molar-refractivity contribution in [3.63, 3.8) is 0 Å². The van der Waals surface area contributed by atoms with Gasteiger partial charge in [-0.05, 0) is 33.3 Å². The van der Waals surface area contributed by atoms with Gasteiger partial charge in [-0.25, -0.2) is 20.0 Å². The number of rotatable bonds is 8. The molecule has 3 atom stereocenters. The van der Waals surface area contributed by atoms with Crippen molar-refractivity contribution in [3.8, 4) is 0 Å². The maximum Gasteiger partial charge on any atom is 0.408 e. The average molecular weight is 388 g/mol. The van der Waals surface area contributed by atoms with Crippen molar-refractivity contribution in [2.75, 3.05) is 11.9 Å². The number of hydrogen-bond acceptors (Lipinski definition) is 8. The quantitative estimate of drug-likeness (QED) is 0.282. The highest BCUT2D eigenvalue weighted by atomic mass is 16.8. The molecule has 1 amide bonds. The van der Waals surface area contributed by atoms with Crippen LogP contribution in [-0.4, -0.2) is 45.8 Å². The molecule has 0 aliphatic rings. The van der Waals surface area contributed by atoms with Crippen molar-refractivity contribution in [1.82, 2.24) is 5.32 Å². The summed E-state index contributed by atoms with van der Waals surface area (Å²) in [7, 11) is 0. The van der Waals surface area contributed by atoms with Crippen molar-refractivity contribution >= 4 is 29.1 Å². The first-order valence-electron chi connectivity index (χ1n) is 7.97. The molecule has 0 heterocycles. The van der Waals surface area contributed by atoms with Gasteiger partial charge in [0.2, 0.25) is 0 Å². The lowest BCUT2D eigenvalue weighted by Crippen LogP contribution is -3.00. The first-order valence-corrected chi connectivity index (χ1v) is 7.97. The van der Waals surface area contributed by atoms with Gasteiger partial charge >= 0.3 is 12.1 Å². The van der Waals surface area contributed by atoms with E-state index < -0.39 is 34.2 Å². The summed E-state index contributed by atoms with van der Waals surface area (Å²) in [6, 6.07) is 2.26. The molecule has 1 aromatic rings. The van der Waals surface area contributed by atoms with E-state index in [2.05, 4.69) is 10.6 Å². The Kier molecular flexibility index (Phi) is 7.90. The van der Waals surface area contributed by atoms with Gasteiger partial charge < -0.3 is 30.9 Å². The summed E-state index contributed by atoms with van der Waals surface area (Å²) in [4.78, 5) is 23.0. The molecule has 0 bridgehead atoms. The zero-order chi connectivity index (χ0) is 20.8. The Hall–Kier alpha value is -2.48. The Morgan fingerprint density at radius 1 is 1.22 bits per heavy atom. The third-order valence-corrected chi connectivity index (χ3v) is 3.23. The van der Waals surface area contributed by atoms with Crippen LogP contribution in [0.5, 0.6) is 0 Å². The largest absolute Gasteiger partial charge is 0.595 e. The maximum atomic E-state index is 11.7. The average Bonchev–Trinajstić information content (AvgIpc) is 2.51. The van der Waals surface area contributed by atoms with Gasteiger partial charge in [0.05, 0.1) is 11.8 Å². The SMILES string of the molecule is CC(C)(C)OC(=O)NC(CCNc1ccc([NH+]([O-])O)cc1[NH+]([O-])O)C(=O)O. The van der Waals surface area contributed by atoms with Gasteiger partial charge in [0.1, 0.15) is 11.6 Å². The first-order chi connectivity index (χ1) is 12.4. The number of nitrogens with one attached hydrogen (secondary N) is 4. The number of carbonyl (C=O) groups is 2. The zero-order valence-electron chi connectivity index (χ0n) is 15.1. The van der Waals surface area contributed by atoms with Crippen molar-refractivity contribution in [3.05, 3.63) is 28.6 Å². The predicted molar refractivity (Wildman–Crippen MR) is 91.9 cm³/mol. The fourth-order valence-corrected chi connectivity index (χ4v) is 2.07. The van der Waals surface area contributed by atoms with Gasteiger partial charge in [0.25, 0.3) is 0 Å². The lowest BCUT2D eigenvalue weighted by Gasteiger charge is -2.22. The number of benzene rings is 1. The number of carboxylic acid groups (broad SMARTS) is 1. The van der Waals surface area contributed by atoms with Crippen LogP contribution in [0.2, 0.25) is 0 Å². The molecule has 27 heavy (non-hydrogen) atoms. The van der Waals surface area contributed by atoms with Crippen molar-refractivity contribution in [2.45, 2.75) is 38.8 Å². The number of carboxylic acids is 1. The van der Waals surface area contributed by atoms with E-state index in [0.717, 1.165) is 6.07 Å². The number of anilines is 1. The Morgan fingerprint density at radius 3 is 2.33 bits per heavy atom. The summed E-state index contributed by atoms with van der Waals surface area (Å²) in [5.74, 6) is -1.28. The second-order valence-electron chi connectivity index (χ2n) is 6.62. The molecule has 0 fully saturated rings. The number of quaternary nitrogens is 2. The van der Waals surface area contributed by atoms with Crippen molar-refractivity contribution < 1.29 is 40.3 Å². The number of hydrogen-bond donors (Lipinski definition) is 7. The molecule has 0 aromatic heterocycles. The van der Waals surface area contributed by atoms with Crippen LogP contribution in [0.4, 0.5) is 21.9 Å². The van der Waals surface area contributed by atoms with Crippen LogP contribution in [0.3, 0.4) is 0 Å². The van der Waals surface area contributed by atoms with E-state index in [1.807, 2.05) is 0 Å². The fourth-order valence-electron chi connectivity index (χ4n) is 2.07. The Labute approximate surface area is 155 Å². The third-order valence-electron chi connectivity index (χ3n) is 3.23. The molecular weight excluding hydrogens is 364 g/mol. The van der Waals surface area contributed by atoms with Crippen molar-refractivity contribution in [1.29, 1.82) is 0 Å². The predicted octanol–water partition coefficient (Wildman–Crippen LogP) is -0.727. The summed E-state index contributed by atoms with van der Waals surface area (Å²) in [6.45, 7) is 4.92. The van der Waals surface area contributed by atoms with E-state index in [9.17, 15) is 30.3 Å². The summed E-state index contributed by atoms with van der Waals surface area (Å²) in [5.41, 5.74) is -1.10. The molecule has 0 radical (unpaired) electrons. The molecule has 0 aliphatic heterocycles.